The number of nitrogens with zero attached hydrogens (tertiary/aromatic N) is 16. The number of anilines is 3. The van der Waals surface area contributed by atoms with Crippen LogP contribution in [-0.4, -0.2) is 210 Å². The van der Waals surface area contributed by atoms with Crippen molar-refractivity contribution in [1.82, 2.24) is 75.1 Å². The quantitative estimate of drug-likeness (QED) is 0.0251. The number of carboxylic acid groups (broad SMARTS) is 1. The minimum absolute atomic E-state index is 0. The van der Waals surface area contributed by atoms with Crippen molar-refractivity contribution >= 4 is 146 Å². The molecular formula is C76H123ClI3N18O12Y3-3. The fraction of sp³-hybridized carbons (Fsp3) is 0.500. The van der Waals surface area contributed by atoms with Gasteiger partial charge < -0.3 is 71.8 Å². The van der Waals surface area contributed by atoms with Crippen LogP contribution in [0.2, 0.25) is 0 Å². The van der Waals surface area contributed by atoms with Crippen LogP contribution in [0.3, 0.4) is 0 Å². The standard InChI is InChI=1S/C22H28N6O4.C17H20N6O2.C12H8N4O4.C9H20N2O2.6C2H6.CHI3.3CH3.ClH.3Y/c1-22(2,3)32-21(31)27(5)13-12-26(4)17(29)14-15-18-19(25-11-10-24-18)20(30)28(15)16-8-6-7-9-23-16;1-18-9-10-22(2)14(24)11-12-15-16(21-8-7-20-15)17(25)23(12)13-5-3-4-6-19-13;17-10-8-9(15-6-5-14-8)11(20-12(18)19)16(10)7-3-1-2-4-13-7;1-9(2,3)13-8(12)11(5)7-6-10-4;6*1-2;2-1(3)4;;;;;;;/h6-11,15H,12-14H2,1-5H3;3-8,12,18H,9-11H2,1-2H3;1-6,11H,(H,18,19);10H,6-7H2,1-5H3;6*1-2H3;1H;3*1H3;1H;;;/q;;;;;;;;;;;3*-1;;;;. The Balaban J connectivity index is -0.000000173. The van der Waals surface area contributed by atoms with E-state index in [2.05, 4.69) is 123 Å². The summed E-state index contributed by atoms with van der Waals surface area (Å²) in [6, 6.07) is 14.4. The smallest absolute Gasteiger partial charge is 0.450 e. The molecule has 3 unspecified atom stereocenters. The fourth-order valence-electron chi connectivity index (χ4n) is 8.74. The van der Waals surface area contributed by atoms with Crippen LogP contribution in [0.4, 0.5) is 31.8 Å². The third kappa shape index (κ3) is 44.8. The van der Waals surface area contributed by atoms with Gasteiger partial charge in [0.15, 0.2) is 17.1 Å². The summed E-state index contributed by atoms with van der Waals surface area (Å²) >= 11 is 6.95. The molecule has 0 aliphatic carbocycles. The number of carbonyl (C=O) groups excluding carboxylic acids is 7. The van der Waals surface area contributed by atoms with Gasteiger partial charge in [-0.15, -0.1) is 12.4 Å². The second-order valence-electron chi connectivity index (χ2n) is 22.5. The van der Waals surface area contributed by atoms with E-state index in [4.69, 9.17) is 19.3 Å². The molecule has 0 saturated heterocycles. The van der Waals surface area contributed by atoms with E-state index in [1.54, 1.807) is 126 Å². The number of hydrogen-bond donors (Lipinski definition) is 3. The predicted molar refractivity (Wildman–Crippen MR) is 467 cm³/mol. The van der Waals surface area contributed by atoms with Gasteiger partial charge in [0.25, 0.3) is 17.7 Å². The molecule has 3 aliphatic rings. The zero-order chi connectivity index (χ0) is 81.5. The molecule has 0 bridgehead atoms. The molecular weight excluding hydrogens is 2040 g/mol. The van der Waals surface area contributed by atoms with Crippen molar-refractivity contribution in [3.05, 3.63) is 167 Å². The number of ether oxygens (including phenoxy) is 3. The summed E-state index contributed by atoms with van der Waals surface area (Å²) < 4.78 is 16.0. The summed E-state index contributed by atoms with van der Waals surface area (Å²) in [5.41, 5.74) is 0.697. The van der Waals surface area contributed by atoms with Gasteiger partial charge in [-0.1, -0.05) is 169 Å². The molecule has 0 saturated carbocycles. The van der Waals surface area contributed by atoms with Crippen molar-refractivity contribution in [1.29, 1.82) is 0 Å². The first kappa shape index (κ1) is 127. The molecule has 0 aromatic carbocycles. The molecule has 113 heavy (non-hydrogen) atoms. The number of halogens is 4. The SMILES string of the molecule is CC.CC.CC.CC.CC.CC.CN(CCN(C)C(=O)OC(C)(C)C)C(=O)CC1c2nccnc2C(=O)N1c1ccccn1.CNCCN(C)C(=O)CC1c2nccnc2C(=O)N1c1ccccn1.CNCCN(C)C(=O)OC(C)(C)C.Cl.IC(I)I.O=C(O)OC1c2nccnc2C(=O)N1c1ccccn1.[CH3-].[CH3-].[CH3-].[Y].[Y].[Y]. The van der Waals surface area contributed by atoms with E-state index in [-0.39, 0.29) is 204 Å². The Kier molecular flexibility index (Phi) is 79.1. The van der Waals surface area contributed by atoms with E-state index in [9.17, 15) is 38.4 Å². The van der Waals surface area contributed by atoms with Gasteiger partial charge in [-0.3, -0.25) is 48.7 Å². The minimum atomic E-state index is -1.51. The van der Waals surface area contributed by atoms with Crippen LogP contribution in [0.5, 0.6) is 0 Å². The topological polar surface area (TPSA) is 347 Å². The van der Waals surface area contributed by atoms with Crippen LogP contribution in [0.15, 0.2) is 110 Å². The van der Waals surface area contributed by atoms with E-state index in [0.29, 0.717) is 55.7 Å². The van der Waals surface area contributed by atoms with Crippen LogP contribution in [-0.2, 0) is 122 Å². The molecule has 629 valence electrons. The fourth-order valence-corrected chi connectivity index (χ4v) is 8.74. The van der Waals surface area contributed by atoms with Crippen LogP contribution < -0.4 is 25.3 Å². The molecule has 3 radical (unpaired) electrons. The van der Waals surface area contributed by atoms with Gasteiger partial charge in [0.1, 0.15) is 34.3 Å². The summed E-state index contributed by atoms with van der Waals surface area (Å²) in [5.74, 6) is -0.186. The number of aromatic nitrogens is 9. The molecule has 0 spiro atoms. The second kappa shape index (κ2) is 70.6. The first-order valence-corrected chi connectivity index (χ1v) is 38.9. The first-order chi connectivity index (χ1) is 50.5. The van der Waals surface area contributed by atoms with Gasteiger partial charge in [0, 0.05) is 221 Å². The Labute approximate surface area is 797 Å². The molecule has 7 amide bonds. The molecule has 0 fully saturated rings. The van der Waals surface area contributed by atoms with Crippen LogP contribution >= 0.6 is 80.2 Å². The molecule has 3 aliphatic heterocycles. The number of pyridine rings is 3. The van der Waals surface area contributed by atoms with E-state index < -0.39 is 47.7 Å². The molecule has 9 heterocycles. The molecule has 6 aromatic heterocycles. The number of carbonyl (C=O) groups is 8. The molecule has 6 aromatic rings. The molecule has 9 rings (SSSR count). The van der Waals surface area contributed by atoms with Gasteiger partial charge in [-0.2, -0.15) is 0 Å². The van der Waals surface area contributed by atoms with Crippen molar-refractivity contribution < 1.29 is 156 Å². The number of nitrogens with one attached hydrogen (secondary N) is 2. The first-order valence-electron chi connectivity index (χ1n) is 35.1. The second-order valence-corrected chi connectivity index (χ2v) is 33.4. The molecule has 3 N–H and O–H groups in total. The van der Waals surface area contributed by atoms with Crippen molar-refractivity contribution in [2.24, 2.45) is 0 Å². The van der Waals surface area contributed by atoms with Crippen molar-refractivity contribution in [2.75, 3.05) is 96.3 Å². The average molecular weight is 2160 g/mol. The normalized spacial score (nSPS) is 12.8. The number of hydrogen-bond acceptors (Lipinski definition) is 22. The molecule has 37 heteroatoms. The maximum Gasteiger partial charge on any atom is 0.508 e. The van der Waals surface area contributed by atoms with Gasteiger partial charge in [-0.05, 0) is 92.0 Å². The Morgan fingerprint density at radius 1 is 0.442 bits per heavy atom. The van der Waals surface area contributed by atoms with Gasteiger partial charge in [0.2, 0.25) is 18.0 Å². The van der Waals surface area contributed by atoms with Gasteiger partial charge in [0.05, 0.1) is 36.3 Å². The molecule has 30 nitrogen and oxygen atoms in total. The van der Waals surface area contributed by atoms with E-state index in [0.717, 1.165) is 11.4 Å². The monoisotopic (exact) mass is 2160 g/mol. The summed E-state index contributed by atoms with van der Waals surface area (Å²) in [5, 5.41) is 14.8. The Morgan fingerprint density at radius 3 is 1.01 bits per heavy atom. The van der Waals surface area contributed by atoms with Crippen molar-refractivity contribution in [3.8, 4) is 0 Å². The van der Waals surface area contributed by atoms with E-state index >= 15 is 0 Å². The number of fused-ring (bicyclic) bond motifs is 3. The minimum Gasteiger partial charge on any atom is -0.450 e. The number of rotatable bonds is 17. The average Bonchev–Trinajstić information content (AvgIpc) is 1.63. The summed E-state index contributed by atoms with van der Waals surface area (Å²) in [7, 11) is 10.4. The summed E-state index contributed by atoms with van der Waals surface area (Å²) in [6.45, 7) is 38.3. The molecule has 3 atom stereocenters. The van der Waals surface area contributed by atoms with Crippen molar-refractivity contribution in [3.63, 3.8) is 0 Å². The van der Waals surface area contributed by atoms with Gasteiger partial charge >= 0.3 is 18.3 Å². The number of likely N-dealkylation sites (N-methyl/N-ethyl adjacent to an activating group) is 6. The Morgan fingerprint density at radius 2 is 0.708 bits per heavy atom. The van der Waals surface area contributed by atoms with Crippen LogP contribution in [0.1, 0.15) is 204 Å². The number of amides is 7. The third-order valence-corrected chi connectivity index (χ3v) is 13.2. The predicted octanol–water partition coefficient (Wildman–Crippen LogP) is 15.7. The maximum absolute atomic E-state index is 13.0. The van der Waals surface area contributed by atoms with E-state index in [1.165, 1.54) is 63.0 Å². The van der Waals surface area contributed by atoms with Gasteiger partial charge in [-0.25, -0.2) is 49.2 Å². The van der Waals surface area contributed by atoms with Crippen molar-refractivity contribution in [2.45, 2.75) is 167 Å². The maximum atomic E-state index is 13.0. The zero-order valence-electron chi connectivity index (χ0n) is 71.2. The van der Waals surface area contributed by atoms with E-state index in [1.807, 2.05) is 118 Å². The Bertz CT molecular complexity index is 3540. The Hall–Kier alpha value is -4.44. The summed E-state index contributed by atoms with van der Waals surface area (Å²) in [6.07, 6.45) is 10.1. The zero-order valence-corrected chi connectivity index (χ0v) is 87.0. The van der Waals surface area contributed by atoms with Crippen LogP contribution in [0, 0.1) is 22.3 Å². The van der Waals surface area contributed by atoms with Crippen LogP contribution in [0.25, 0.3) is 0 Å². The third-order valence-electron chi connectivity index (χ3n) is 13.2. The number of alkyl halides is 3. The summed E-state index contributed by atoms with van der Waals surface area (Å²) in [4.78, 5) is 146. The largest absolute Gasteiger partial charge is 0.508 e.